The van der Waals surface area contributed by atoms with Gasteiger partial charge < -0.3 is 10.1 Å². The van der Waals surface area contributed by atoms with Crippen LogP contribution in [0.15, 0.2) is 46.5 Å². The van der Waals surface area contributed by atoms with Crippen molar-refractivity contribution in [3.05, 3.63) is 57.7 Å². The summed E-state index contributed by atoms with van der Waals surface area (Å²) in [4.78, 5) is 28.2. The van der Waals surface area contributed by atoms with Crippen LogP contribution >= 0.6 is 22.7 Å². The highest BCUT2D eigenvalue weighted by atomic mass is 32.1. The van der Waals surface area contributed by atoms with E-state index in [0.717, 1.165) is 12.1 Å². The lowest BCUT2D eigenvalue weighted by Gasteiger charge is -2.09. The number of amides is 2. The van der Waals surface area contributed by atoms with Gasteiger partial charge in [-0.1, -0.05) is 0 Å². The molecule has 3 aromatic rings. The van der Waals surface area contributed by atoms with E-state index in [4.69, 9.17) is 0 Å². The molecule has 1 aromatic carbocycles. The summed E-state index contributed by atoms with van der Waals surface area (Å²) in [6, 6.07) is 6.49. The molecule has 0 fully saturated rings. The van der Waals surface area contributed by atoms with Crippen molar-refractivity contribution in [3.8, 4) is 5.75 Å². The van der Waals surface area contributed by atoms with Crippen molar-refractivity contribution in [2.75, 3.05) is 10.6 Å². The molecule has 0 unspecified atom stereocenters. The topological polar surface area (TPSA) is 80.3 Å². The number of hydrogen-bond acceptors (Lipinski definition) is 6. The minimum atomic E-state index is -4.77. The second-order valence-electron chi connectivity index (χ2n) is 5.41. The molecular weight excluding hydrogens is 415 g/mol. The molecule has 0 bridgehead atoms. The maximum atomic E-state index is 12.1. The highest BCUT2D eigenvalue weighted by molar-refractivity contribution is 7.14. The molecule has 6 nitrogen and oxygen atoms in total. The van der Waals surface area contributed by atoms with E-state index in [1.54, 1.807) is 22.2 Å². The van der Waals surface area contributed by atoms with E-state index in [1.807, 2.05) is 0 Å². The highest BCUT2D eigenvalue weighted by Crippen LogP contribution is 2.24. The lowest BCUT2D eigenvalue weighted by molar-refractivity contribution is -0.274. The van der Waals surface area contributed by atoms with E-state index < -0.39 is 12.3 Å². The standard InChI is InChI=1S/C17H12F3N3O3S2/c18-17(19,20)26-13-3-1-11(2-4-13)21-14(24)7-12-9-28-16(22-12)23-15(25)10-5-6-27-8-10/h1-6,8-9H,7H2,(H,21,24)(H,22,23,25). The molecule has 0 atom stereocenters. The van der Waals surface area contributed by atoms with Crippen molar-refractivity contribution in [3.63, 3.8) is 0 Å². The summed E-state index contributed by atoms with van der Waals surface area (Å²) >= 11 is 2.59. The van der Waals surface area contributed by atoms with Crippen molar-refractivity contribution in [2.45, 2.75) is 12.8 Å². The van der Waals surface area contributed by atoms with Gasteiger partial charge in [0.1, 0.15) is 5.75 Å². The van der Waals surface area contributed by atoms with Crippen LogP contribution in [0, 0.1) is 0 Å². The summed E-state index contributed by atoms with van der Waals surface area (Å²) in [6.45, 7) is 0. The Morgan fingerprint density at radius 2 is 1.82 bits per heavy atom. The normalized spacial score (nSPS) is 11.1. The lowest BCUT2D eigenvalue weighted by atomic mass is 10.2. The molecule has 11 heteroatoms. The smallest absolute Gasteiger partial charge is 0.406 e. The zero-order valence-electron chi connectivity index (χ0n) is 13.9. The molecule has 0 aliphatic rings. The number of hydrogen-bond donors (Lipinski definition) is 2. The quantitative estimate of drug-likeness (QED) is 0.606. The highest BCUT2D eigenvalue weighted by Gasteiger charge is 2.30. The van der Waals surface area contributed by atoms with Crippen molar-refractivity contribution in [2.24, 2.45) is 0 Å². The molecule has 2 N–H and O–H groups in total. The predicted octanol–water partition coefficient (Wildman–Crippen LogP) is 4.54. The molecule has 2 amide bonds. The SMILES string of the molecule is O=C(Cc1csc(NC(=O)c2ccsc2)n1)Nc1ccc(OC(F)(F)F)cc1. The molecule has 28 heavy (non-hydrogen) atoms. The molecule has 0 aliphatic carbocycles. The van der Waals surface area contributed by atoms with Gasteiger partial charge in [0, 0.05) is 16.4 Å². The van der Waals surface area contributed by atoms with Crippen LogP contribution in [-0.4, -0.2) is 23.2 Å². The van der Waals surface area contributed by atoms with Gasteiger partial charge >= 0.3 is 6.36 Å². The summed E-state index contributed by atoms with van der Waals surface area (Å²) in [6.07, 6.45) is -4.82. The van der Waals surface area contributed by atoms with Crippen LogP contribution < -0.4 is 15.4 Å². The maximum Gasteiger partial charge on any atom is 0.573 e. The molecule has 0 saturated carbocycles. The van der Waals surface area contributed by atoms with Crippen LogP contribution in [0.4, 0.5) is 24.0 Å². The van der Waals surface area contributed by atoms with Gasteiger partial charge in [-0.15, -0.1) is 24.5 Å². The van der Waals surface area contributed by atoms with Crippen molar-refractivity contribution >= 4 is 45.3 Å². The molecule has 0 radical (unpaired) electrons. The second-order valence-corrected chi connectivity index (χ2v) is 7.05. The fourth-order valence-electron chi connectivity index (χ4n) is 2.12. The Morgan fingerprint density at radius 3 is 2.46 bits per heavy atom. The van der Waals surface area contributed by atoms with Crippen LogP contribution in [0.3, 0.4) is 0 Å². The number of thiazole rings is 1. The molecule has 146 valence electrons. The summed E-state index contributed by atoms with van der Waals surface area (Å²) in [5.74, 6) is -1.06. The number of ether oxygens (including phenoxy) is 1. The minimum absolute atomic E-state index is 0.0500. The van der Waals surface area contributed by atoms with Crippen LogP contribution in [-0.2, 0) is 11.2 Å². The van der Waals surface area contributed by atoms with E-state index in [0.29, 0.717) is 22.1 Å². The Hall–Kier alpha value is -2.92. The number of carbonyl (C=O) groups is 2. The minimum Gasteiger partial charge on any atom is -0.406 e. The number of alkyl halides is 3. The third-order valence-electron chi connectivity index (χ3n) is 3.27. The average molecular weight is 427 g/mol. The van der Waals surface area contributed by atoms with Crippen molar-refractivity contribution < 1.29 is 27.5 Å². The number of anilines is 2. The zero-order valence-corrected chi connectivity index (χ0v) is 15.6. The first-order chi connectivity index (χ1) is 13.3. The van der Waals surface area contributed by atoms with Gasteiger partial charge in [-0.3, -0.25) is 14.9 Å². The van der Waals surface area contributed by atoms with Crippen LogP contribution in [0.5, 0.6) is 5.75 Å². The zero-order chi connectivity index (χ0) is 20.1. The number of nitrogens with one attached hydrogen (secondary N) is 2. The van der Waals surface area contributed by atoms with Crippen molar-refractivity contribution in [1.82, 2.24) is 4.98 Å². The van der Waals surface area contributed by atoms with Gasteiger partial charge in [-0.05, 0) is 35.7 Å². The van der Waals surface area contributed by atoms with Gasteiger partial charge in [0.05, 0.1) is 17.7 Å². The molecule has 2 aromatic heterocycles. The summed E-state index contributed by atoms with van der Waals surface area (Å²) in [7, 11) is 0. The van der Waals surface area contributed by atoms with E-state index in [9.17, 15) is 22.8 Å². The number of benzene rings is 1. The Bertz CT molecular complexity index is 954. The van der Waals surface area contributed by atoms with Gasteiger partial charge in [0.2, 0.25) is 5.91 Å². The van der Waals surface area contributed by atoms with E-state index in [2.05, 4.69) is 20.4 Å². The van der Waals surface area contributed by atoms with Crippen molar-refractivity contribution in [1.29, 1.82) is 0 Å². The van der Waals surface area contributed by atoms with Gasteiger partial charge in [-0.2, -0.15) is 11.3 Å². The van der Waals surface area contributed by atoms with E-state index in [1.165, 1.54) is 34.8 Å². The Kier molecular flexibility index (Phi) is 5.95. The maximum absolute atomic E-state index is 12.1. The molecule has 0 aliphatic heterocycles. The van der Waals surface area contributed by atoms with Gasteiger partial charge in [-0.25, -0.2) is 4.98 Å². The monoisotopic (exact) mass is 427 g/mol. The molecular formula is C17H12F3N3O3S2. The summed E-state index contributed by atoms with van der Waals surface area (Å²) < 4.78 is 40.2. The van der Waals surface area contributed by atoms with Crippen LogP contribution in [0.2, 0.25) is 0 Å². The third kappa shape index (κ3) is 5.79. The first kappa shape index (κ1) is 19.8. The van der Waals surface area contributed by atoms with Gasteiger partial charge in [0.15, 0.2) is 5.13 Å². The Balaban J connectivity index is 1.52. The molecule has 2 heterocycles. The first-order valence-electron chi connectivity index (χ1n) is 7.72. The number of carbonyl (C=O) groups excluding carboxylic acids is 2. The lowest BCUT2D eigenvalue weighted by Crippen LogP contribution is -2.17. The Labute approximate surface area is 165 Å². The number of aromatic nitrogens is 1. The fraction of sp³-hybridized carbons (Fsp3) is 0.118. The second kappa shape index (κ2) is 8.40. The number of thiophene rings is 1. The molecule has 0 saturated heterocycles. The largest absolute Gasteiger partial charge is 0.573 e. The Morgan fingerprint density at radius 1 is 1.07 bits per heavy atom. The van der Waals surface area contributed by atoms with Crippen LogP contribution in [0.25, 0.3) is 0 Å². The summed E-state index contributed by atoms with van der Waals surface area (Å²) in [5, 5.41) is 10.7. The number of rotatable bonds is 6. The van der Waals surface area contributed by atoms with E-state index >= 15 is 0 Å². The average Bonchev–Trinajstić information content (AvgIpc) is 3.27. The van der Waals surface area contributed by atoms with E-state index in [-0.39, 0.29) is 18.1 Å². The molecule has 0 spiro atoms. The number of nitrogens with zero attached hydrogens (tertiary/aromatic N) is 1. The molecule has 3 rings (SSSR count). The predicted molar refractivity (Wildman–Crippen MR) is 99.8 cm³/mol. The van der Waals surface area contributed by atoms with Crippen LogP contribution in [0.1, 0.15) is 16.1 Å². The fourth-order valence-corrected chi connectivity index (χ4v) is 3.46. The van der Waals surface area contributed by atoms with Gasteiger partial charge in [0.25, 0.3) is 5.91 Å². The number of halogens is 3. The first-order valence-corrected chi connectivity index (χ1v) is 9.54. The third-order valence-corrected chi connectivity index (χ3v) is 4.76. The summed E-state index contributed by atoms with van der Waals surface area (Å²) in [5.41, 5.74) is 1.30.